The van der Waals surface area contributed by atoms with E-state index in [4.69, 9.17) is 4.74 Å². The van der Waals surface area contributed by atoms with Crippen LogP contribution in [0, 0.1) is 0 Å². The molecule has 33 heavy (non-hydrogen) atoms. The Morgan fingerprint density at radius 2 is 1.67 bits per heavy atom. The Kier molecular flexibility index (Phi) is 9.10. The van der Waals surface area contributed by atoms with Crippen LogP contribution in [-0.2, 0) is 4.79 Å². The van der Waals surface area contributed by atoms with E-state index in [1.54, 1.807) is 0 Å². The van der Waals surface area contributed by atoms with E-state index in [9.17, 15) is 4.79 Å². The van der Waals surface area contributed by atoms with Crippen LogP contribution in [0.4, 0.5) is 11.4 Å². The molecule has 1 amide bonds. The maximum absolute atomic E-state index is 12.7. The molecule has 0 fully saturated rings. The van der Waals surface area contributed by atoms with Crippen molar-refractivity contribution in [3.63, 3.8) is 0 Å². The molecule has 180 valence electrons. The Balaban J connectivity index is 1.43. The summed E-state index contributed by atoms with van der Waals surface area (Å²) in [6.07, 6.45) is 3.56. The van der Waals surface area contributed by atoms with Crippen LogP contribution >= 0.6 is 11.8 Å². The van der Waals surface area contributed by atoms with E-state index in [0.29, 0.717) is 18.3 Å². The third-order valence-corrected chi connectivity index (χ3v) is 7.02. The van der Waals surface area contributed by atoms with E-state index >= 15 is 0 Å². The number of unbranched alkanes of at least 4 members (excludes halogenated alkanes) is 2. The molecule has 0 aromatic heterocycles. The zero-order valence-corrected chi connectivity index (χ0v) is 21.7. The number of thioether (sulfide) groups is 1. The molecule has 6 heteroatoms. The molecule has 1 heterocycles. The van der Waals surface area contributed by atoms with Gasteiger partial charge >= 0.3 is 0 Å². The molecule has 0 aliphatic carbocycles. The van der Waals surface area contributed by atoms with Crippen LogP contribution in [-0.4, -0.2) is 36.3 Å². The van der Waals surface area contributed by atoms with Crippen molar-refractivity contribution in [1.29, 1.82) is 0 Å². The van der Waals surface area contributed by atoms with E-state index < -0.39 is 0 Å². The fourth-order valence-corrected chi connectivity index (χ4v) is 5.36. The van der Waals surface area contributed by atoms with Gasteiger partial charge in [-0.2, -0.15) is 0 Å². The van der Waals surface area contributed by atoms with Crippen LogP contribution in [0.15, 0.2) is 42.5 Å². The SMILES string of the molecule is CC(C)c1cccc(C(C)C)c1NC(=O)CCCCCSC1Oc2ccccc2N1N(C)C. The number of benzene rings is 2. The van der Waals surface area contributed by atoms with Gasteiger partial charge in [-0.05, 0) is 53.7 Å². The molecule has 2 aromatic carbocycles. The van der Waals surface area contributed by atoms with E-state index in [2.05, 4.69) is 67.3 Å². The molecule has 3 rings (SSSR count). The number of nitrogens with zero attached hydrogens (tertiary/aromatic N) is 2. The van der Waals surface area contributed by atoms with Crippen molar-refractivity contribution >= 4 is 29.0 Å². The van der Waals surface area contributed by atoms with Gasteiger partial charge in [0.15, 0.2) is 0 Å². The molecule has 2 aromatic rings. The van der Waals surface area contributed by atoms with Crippen LogP contribution in [0.2, 0.25) is 0 Å². The summed E-state index contributed by atoms with van der Waals surface area (Å²) in [5.74, 6) is 2.80. The number of nitrogens with one attached hydrogen (secondary N) is 1. The highest BCUT2D eigenvalue weighted by Crippen LogP contribution is 2.41. The van der Waals surface area contributed by atoms with E-state index in [0.717, 1.165) is 42.1 Å². The zero-order valence-electron chi connectivity index (χ0n) is 20.9. The van der Waals surface area contributed by atoms with E-state index in [1.165, 1.54) is 11.1 Å². The van der Waals surface area contributed by atoms with Crippen LogP contribution in [0.1, 0.15) is 76.3 Å². The highest BCUT2D eigenvalue weighted by molar-refractivity contribution is 7.99. The lowest BCUT2D eigenvalue weighted by molar-refractivity contribution is -0.116. The summed E-state index contributed by atoms with van der Waals surface area (Å²) >= 11 is 1.81. The second-order valence-corrected chi connectivity index (χ2v) is 10.6. The summed E-state index contributed by atoms with van der Waals surface area (Å²) in [4.78, 5) is 12.7. The number of hydrazine groups is 1. The maximum Gasteiger partial charge on any atom is 0.234 e. The van der Waals surface area contributed by atoms with Crippen molar-refractivity contribution in [2.45, 2.75) is 70.8 Å². The Bertz CT molecular complexity index is 903. The minimum Gasteiger partial charge on any atom is -0.458 e. The number of anilines is 2. The first kappa shape index (κ1) is 25.4. The number of amides is 1. The van der Waals surface area contributed by atoms with Gasteiger partial charge in [0.25, 0.3) is 0 Å². The van der Waals surface area contributed by atoms with Crippen molar-refractivity contribution in [3.8, 4) is 5.75 Å². The third-order valence-electron chi connectivity index (χ3n) is 5.92. The number of rotatable bonds is 11. The Labute approximate surface area is 203 Å². The molecule has 0 saturated carbocycles. The lowest BCUT2D eigenvalue weighted by Gasteiger charge is -2.30. The second-order valence-electron chi connectivity index (χ2n) is 9.43. The molecule has 1 unspecified atom stereocenters. The zero-order chi connectivity index (χ0) is 24.0. The second kappa shape index (κ2) is 11.8. The predicted molar refractivity (Wildman–Crippen MR) is 141 cm³/mol. The fraction of sp³-hybridized carbons (Fsp3) is 0.519. The summed E-state index contributed by atoms with van der Waals surface area (Å²) < 4.78 is 6.14. The van der Waals surface area contributed by atoms with Gasteiger partial charge in [-0.1, -0.05) is 76.2 Å². The smallest absolute Gasteiger partial charge is 0.234 e. The van der Waals surface area contributed by atoms with Gasteiger partial charge < -0.3 is 10.1 Å². The van der Waals surface area contributed by atoms with Crippen molar-refractivity contribution < 1.29 is 9.53 Å². The number of para-hydroxylation sites is 3. The Morgan fingerprint density at radius 3 is 2.30 bits per heavy atom. The molecule has 0 spiro atoms. The monoisotopic (exact) mass is 469 g/mol. The molecular formula is C27H39N3O2S. The number of ether oxygens (including phenoxy) is 1. The molecular weight excluding hydrogens is 430 g/mol. The number of fused-ring (bicyclic) bond motifs is 1. The van der Waals surface area contributed by atoms with Gasteiger partial charge in [-0.25, -0.2) is 5.01 Å². The number of hydrogen-bond acceptors (Lipinski definition) is 5. The Hall–Kier alpha value is -2.18. The minimum atomic E-state index is -0.0392. The number of hydrogen-bond donors (Lipinski definition) is 1. The van der Waals surface area contributed by atoms with Crippen molar-refractivity contribution in [3.05, 3.63) is 53.6 Å². The molecule has 1 aliphatic heterocycles. The average molecular weight is 470 g/mol. The highest BCUT2D eigenvalue weighted by Gasteiger charge is 2.32. The molecule has 1 N–H and O–H groups in total. The molecule has 0 radical (unpaired) electrons. The number of carbonyl (C=O) groups excluding carboxylic acids is 1. The minimum absolute atomic E-state index is 0.0392. The summed E-state index contributed by atoms with van der Waals surface area (Å²) in [6.45, 7) is 8.71. The van der Waals surface area contributed by atoms with Crippen LogP contribution in [0.5, 0.6) is 5.75 Å². The van der Waals surface area contributed by atoms with Gasteiger partial charge in [0.2, 0.25) is 11.5 Å². The first-order chi connectivity index (χ1) is 15.8. The Morgan fingerprint density at radius 1 is 1.00 bits per heavy atom. The van der Waals surface area contributed by atoms with Crippen molar-refractivity contribution in [1.82, 2.24) is 5.01 Å². The summed E-state index contributed by atoms with van der Waals surface area (Å²) in [5.41, 5.74) is 4.52. The van der Waals surface area contributed by atoms with Gasteiger partial charge in [-0.3, -0.25) is 9.80 Å². The summed E-state index contributed by atoms with van der Waals surface area (Å²) in [7, 11) is 4.08. The normalized spacial score (nSPS) is 15.3. The highest BCUT2D eigenvalue weighted by atomic mass is 32.2. The quantitative estimate of drug-likeness (QED) is 0.366. The van der Waals surface area contributed by atoms with E-state index in [-0.39, 0.29) is 11.5 Å². The molecule has 0 saturated heterocycles. The molecule has 0 bridgehead atoms. The van der Waals surface area contributed by atoms with Crippen LogP contribution in [0.25, 0.3) is 0 Å². The lowest BCUT2D eigenvalue weighted by atomic mass is 9.92. The predicted octanol–water partition coefficient (Wildman–Crippen LogP) is 6.82. The standard InChI is InChI=1S/C27H39N3O2S/c1-19(2)21-13-12-14-22(20(3)4)26(21)28-25(31)17-8-7-11-18-33-27-30(29(5)6)23-15-9-10-16-24(23)32-27/h9-10,12-16,19-20,27H,7-8,11,17-18H2,1-6H3,(H,28,31). The molecule has 1 aliphatic rings. The largest absolute Gasteiger partial charge is 0.458 e. The fourth-order valence-electron chi connectivity index (χ4n) is 4.17. The lowest BCUT2D eigenvalue weighted by Crippen LogP contribution is -2.42. The van der Waals surface area contributed by atoms with Crippen molar-refractivity contribution in [2.75, 3.05) is 30.2 Å². The van der Waals surface area contributed by atoms with Gasteiger partial charge in [-0.15, -0.1) is 0 Å². The number of carbonyl (C=O) groups is 1. The topological polar surface area (TPSA) is 44.8 Å². The summed E-state index contributed by atoms with van der Waals surface area (Å²) in [6, 6.07) is 14.5. The first-order valence-electron chi connectivity index (χ1n) is 12.1. The van der Waals surface area contributed by atoms with Crippen LogP contribution in [0.3, 0.4) is 0 Å². The summed E-state index contributed by atoms with van der Waals surface area (Å²) in [5, 5.41) is 7.49. The average Bonchev–Trinajstić information content (AvgIpc) is 3.14. The van der Waals surface area contributed by atoms with Crippen molar-refractivity contribution in [2.24, 2.45) is 0 Å². The first-order valence-corrected chi connectivity index (χ1v) is 13.1. The van der Waals surface area contributed by atoms with Gasteiger partial charge in [0, 0.05) is 26.2 Å². The van der Waals surface area contributed by atoms with Crippen LogP contribution < -0.4 is 15.1 Å². The maximum atomic E-state index is 12.7. The van der Waals surface area contributed by atoms with Gasteiger partial charge in [0.1, 0.15) is 5.75 Å². The van der Waals surface area contributed by atoms with Gasteiger partial charge in [0.05, 0.1) is 5.69 Å². The molecule has 5 nitrogen and oxygen atoms in total. The molecule has 1 atom stereocenters. The van der Waals surface area contributed by atoms with E-state index in [1.807, 2.05) is 44.1 Å². The third kappa shape index (κ3) is 6.45.